The van der Waals surface area contributed by atoms with Gasteiger partial charge < -0.3 is 9.47 Å². The van der Waals surface area contributed by atoms with Crippen molar-refractivity contribution in [3.8, 4) is 11.5 Å². The molecular formula is C15H17BrO3. The first kappa shape index (κ1) is 13.0. The molecule has 19 heavy (non-hydrogen) atoms. The van der Waals surface area contributed by atoms with Gasteiger partial charge in [-0.1, -0.05) is 13.3 Å². The lowest BCUT2D eigenvalue weighted by molar-refractivity contribution is 0.0895. The Kier molecular flexibility index (Phi) is 3.52. The largest absolute Gasteiger partial charge is 0.486 e. The molecule has 1 fully saturated rings. The molecule has 3 nitrogen and oxygen atoms in total. The zero-order valence-electron chi connectivity index (χ0n) is 10.9. The fourth-order valence-electron chi connectivity index (χ4n) is 2.99. The summed E-state index contributed by atoms with van der Waals surface area (Å²) in [5, 5.41) is 0. The highest BCUT2D eigenvalue weighted by molar-refractivity contribution is 9.10. The first-order valence-corrected chi connectivity index (χ1v) is 7.59. The van der Waals surface area contributed by atoms with E-state index in [-0.39, 0.29) is 11.7 Å². The lowest BCUT2D eigenvalue weighted by Gasteiger charge is -2.21. The normalized spacial score (nSPS) is 25.4. The van der Waals surface area contributed by atoms with Gasteiger partial charge in [-0.3, -0.25) is 4.79 Å². The number of halogens is 1. The SMILES string of the molecule is CC1CCCC1C(=O)c1cc2c(cc1Br)OCCO2. The van der Waals surface area contributed by atoms with Crippen molar-refractivity contribution >= 4 is 21.7 Å². The van der Waals surface area contributed by atoms with Gasteiger partial charge in [-0.25, -0.2) is 0 Å². The van der Waals surface area contributed by atoms with Crippen LogP contribution < -0.4 is 9.47 Å². The molecule has 0 saturated heterocycles. The Morgan fingerprint density at radius 1 is 1.21 bits per heavy atom. The lowest BCUT2D eigenvalue weighted by Crippen LogP contribution is -2.19. The number of benzene rings is 1. The molecule has 2 unspecified atom stereocenters. The van der Waals surface area contributed by atoms with Crippen LogP contribution in [0.5, 0.6) is 11.5 Å². The maximum atomic E-state index is 12.6. The van der Waals surface area contributed by atoms with Gasteiger partial charge in [0.05, 0.1) is 0 Å². The second kappa shape index (κ2) is 5.16. The Hall–Kier alpha value is -1.03. The van der Waals surface area contributed by atoms with E-state index >= 15 is 0 Å². The Balaban J connectivity index is 1.93. The Morgan fingerprint density at radius 2 is 1.89 bits per heavy atom. The highest BCUT2D eigenvalue weighted by Crippen LogP contribution is 2.39. The molecule has 1 aliphatic heterocycles. The van der Waals surface area contributed by atoms with Gasteiger partial charge in [0.15, 0.2) is 17.3 Å². The molecule has 0 spiro atoms. The van der Waals surface area contributed by atoms with Crippen molar-refractivity contribution < 1.29 is 14.3 Å². The summed E-state index contributed by atoms with van der Waals surface area (Å²) in [5.74, 6) is 2.26. The van der Waals surface area contributed by atoms with Crippen LogP contribution in [0, 0.1) is 11.8 Å². The zero-order valence-corrected chi connectivity index (χ0v) is 12.5. The Bertz CT molecular complexity index is 512. The minimum absolute atomic E-state index is 0.152. The second-order valence-corrected chi connectivity index (χ2v) is 6.21. The number of fused-ring (bicyclic) bond motifs is 1. The number of hydrogen-bond donors (Lipinski definition) is 0. The molecule has 0 amide bonds. The van der Waals surface area contributed by atoms with E-state index in [9.17, 15) is 4.79 Å². The van der Waals surface area contributed by atoms with Crippen LogP contribution >= 0.6 is 15.9 Å². The molecule has 102 valence electrons. The minimum atomic E-state index is 0.152. The second-order valence-electron chi connectivity index (χ2n) is 5.35. The van der Waals surface area contributed by atoms with Gasteiger partial charge in [0.25, 0.3) is 0 Å². The summed E-state index contributed by atoms with van der Waals surface area (Å²) >= 11 is 3.49. The van der Waals surface area contributed by atoms with E-state index in [1.54, 1.807) is 0 Å². The first-order chi connectivity index (χ1) is 9.16. The smallest absolute Gasteiger partial charge is 0.167 e. The quantitative estimate of drug-likeness (QED) is 0.775. The average Bonchev–Trinajstić information content (AvgIpc) is 2.83. The fraction of sp³-hybridized carbons (Fsp3) is 0.533. The maximum Gasteiger partial charge on any atom is 0.167 e. The van der Waals surface area contributed by atoms with Gasteiger partial charge >= 0.3 is 0 Å². The Morgan fingerprint density at radius 3 is 2.53 bits per heavy atom. The van der Waals surface area contributed by atoms with Gasteiger partial charge in [0.2, 0.25) is 0 Å². The number of Topliss-reactive ketones (excluding diaryl/α,β-unsaturated/α-hetero) is 1. The lowest BCUT2D eigenvalue weighted by atomic mass is 9.89. The number of rotatable bonds is 2. The predicted molar refractivity (Wildman–Crippen MR) is 76.0 cm³/mol. The molecular weight excluding hydrogens is 308 g/mol. The summed E-state index contributed by atoms with van der Waals surface area (Å²) in [5.41, 5.74) is 0.725. The van der Waals surface area contributed by atoms with Crippen LogP contribution in [0.2, 0.25) is 0 Å². The molecule has 2 atom stereocenters. The third-order valence-electron chi connectivity index (χ3n) is 4.10. The summed E-state index contributed by atoms with van der Waals surface area (Å²) in [4.78, 5) is 12.6. The monoisotopic (exact) mass is 324 g/mol. The molecule has 1 saturated carbocycles. The molecule has 0 aromatic heterocycles. The van der Waals surface area contributed by atoms with Crippen LogP contribution in [0.4, 0.5) is 0 Å². The van der Waals surface area contributed by atoms with E-state index in [0.29, 0.717) is 30.6 Å². The number of carbonyl (C=O) groups is 1. The number of carbonyl (C=O) groups excluding carboxylic acids is 1. The molecule has 2 aliphatic rings. The molecule has 1 aliphatic carbocycles. The molecule has 1 heterocycles. The fourth-order valence-corrected chi connectivity index (χ4v) is 3.51. The summed E-state index contributed by atoms with van der Waals surface area (Å²) in [6, 6.07) is 3.67. The van der Waals surface area contributed by atoms with Crippen molar-refractivity contribution in [2.45, 2.75) is 26.2 Å². The first-order valence-electron chi connectivity index (χ1n) is 6.80. The molecule has 1 aromatic rings. The zero-order chi connectivity index (χ0) is 13.4. The average molecular weight is 325 g/mol. The predicted octanol–water partition coefficient (Wildman–Crippen LogP) is 3.84. The van der Waals surface area contributed by atoms with Crippen LogP contribution in [0.3, 0.4) is 0 Å². The summed E-state index contributed by atoms with van der Waals surface area (Å²) < 4.78 is 11.9. The highest BCUT2D eigenvalue weighted by Gasteiger charge is 2.32. The maximum absolute atomic E-state index is 12.6. The number of hydrogen-bond acceptors (Lipinski definition) is 3. The number of ether oxygens (including phenoxy) is 2. The summed E-state index contributed by atoms with van der Waals surface area (Å²) in [6.45, 7) is 3.27. The van der Waals surface area contributed by atoms with E-state index in [1.165, 1.54) is 0 Å². The van der Waals surface area contributed by atoms with Crippen molar-refractivity contribution in [2.75, 3.05) is 13.2 Å². The van der Waals surface area contributed by atoms with Gasteiger partial charge in [0.1, 0.15) is 13.2 Å². The van der Waals surface area contributed by atoms with E-state index < -0.39 is 0 Å². The van der Waals surface area contributed by atoms with Crippen LogP contribution in [-0.4, -0.2) is 19.0 Å². The summed E-state index contributed by atoms with van der Waals surface area (Å²) in [6.07, 6.45) is 3.30. The number of ketones is 1. The van der Waals surface area contributed by atoms with E-state index in [1.807, 2.05) is 12.1 Å². The van der Waals surface area contributed by atoms with Crippen LogP contribution in [0.15, 0.2) is 16.6 Å². The standard InChI is InChI=1S/C15H17BrO3/c1-9-3-2-4-10(9)15(17)11-7-13-14(8-12(11)16)19-6-5-18-13/h7-10H,2-6H2,1H3. The molecule has 0 radical (unpaired) electrons. The van der Waals surface area contributed by atoms with Gasteiger partial charge in [-0.05, 0) is 46.8 Å². The van der Waals surface area contributed by atoms with E-state index in [0.717, 1.165) is 29.3 Å². The van der Waals surface area contributed by atoms with Crippen LogP contribution in [0.1, 0.15) is 36.5 Å². The molecule has 3 rings (SSSR count). The third kappa shape index (κ3) is 2.38. The molecule has 0 bridgehead atoms. The van der Waals surface area contributed by atoms with Gasteiger partial charge in [0, 0.05) is 16.0 Å². The summed E-state index contributed by atoms with van der Waals surface area (Å²) in [7, 11) is 0. The Labute approximate surface area is 121 Å². The van der Waals surface area contributed by atoms with E-state index in [2.05, 4.69) is 22.9 Å². The van der Waals surface area contributed by atoms with Gasteiger partial charge in [-0.15, -0.1) is 0 Å². The van der Waals surface area contributed by atoms with E-state index in [4.69, 9.17) is 9.47 Å². The third-order valence-corrected chi connectivity index (χ3v) is 4.75. The van der Waals surface area contributed by atoms with Crippen LogP contribution in [-0.2, 0) is 0 Å². The molecule has 0 N–H and O–H groups in total. The molecule has 1 aromatic carbocycles. The van der Waals surface area contributed by atoms with Crippen molar-refractivity contribution in [1.82, 2.24) is 0 Å². The van der Waals surface area contributed by atoms with Crippen molar-refractivity contribution in [3.63, 3.8) is 0 Å². The molecule has 4 heteroatoms. The van der Waals surface area contributed by atoms with Crippen molar-refractivity contribution in [1.29, 1.82) is 0 Å². The van der Waals surface area contributed by atoms with Crippen molar-refractivity contribution in [2.24, 2.45) is 11.8 Å². The van der Waals surface area contributed by atoms with Crippen LogP contribution in [0.25, 0.3) is 0 Å². The van der Waals surface area contributed by atoms with Gasteiger partial charge in [-0.2, -0.15) is 0 Å². The van der Waals surface area contributed by atoms with Crippen molar-refractivity contribution in [3.05, 3.63) is 22.2 Å². The minimum Gasteiger partial charge on any atom is -0.486 e. The highest BCUT2D eigenvalue weighted by atomic mass is 79.9. The topological polar surface area (TPSA) is 35.5 Å².